The van der Waals surface area contributed by atoms with Crippen LogP contribution in [0.3, 0.4) is 0 Å². The van der Waals surface area contributed by atoms with Gasteiger partial charge in [0.15, 0.2) is 0 Å². The third-order valence-corrected chi connectivity index (χ3v) is 3.86. The first kappa shape index (κ1) is 7.52. The second-order valence-corrected chi connectivity index (χ2v) is 4.79. The first-order valence-corrected chi connectivity index (χ1v) is 5.40. The van der Waals surface area contributed by atoms with Crippen molar-refractivity contribution in [2.45, 2.75) is 37.8 Å². The molecular formula is C6H12N2O2S. The van der Waals surface area contributed by atoms with Gasteiger partial charge in [0.05, 0.1) is 0 Å². The zero-order chi connectivity index (χ0) is 8.06. The minimum absolute atomic E-state index is 0.218. The number of hydrogen-bond acceptors (Lipinski definition) is 2. The van der Waals surface area contributed by atoms with Crippen LogP contribution in [0.25, 0.3) is 0 Å². The highest BCUT2D eigenvalue weighted by atomic mass is 32.2. The topological polar surface area (TPSA) is 63.4 Å². The van der Waals surface area contributed by atoms with Gasteiger partial charge in [0, 0.05) is 12.1 Å². The van der Waals surface area contributed by atoms with Crippen molar-refractivity contribution in [3.63, 3.8) is 0 Å². The van der Waals surface area contributed by atoms with Crippen LogP contribution >= 0.6 is 0 Å². The maximum Gasteiger partial charge on any atom is 0.277 e. The number of fused-ring (bicyclic) bond motifs is 2. The molecule has 2 saturated heterocycles. The molecule has 2 bridgehead atoms. The van der Waals surface area contributed by atoms with Gasteiger partial charge in [0.25, 0.3) is 10.2 Å². The van der Waals surface area contributed by atoms with Crippen molar-refractivity contribution >= 4 is 10.2 Å². The van der Waals surface area contributed by atoms with Crippen LogP contribution < -0.4 is 5.14 Å². The summed E-state index contributed by atoms with van der Waals surface area (Å²) >= 11 is 0. The summed E-state index contributed by atoms with van der Waals surface area (Å²) in [5, 5.41) is 5.06. The van der Waals surface area contributed by atoms with E-state index in [0.29, 0.717) is 0 Å². The van der Waals surface area contributed by atoms with Crippen LogP contribution in [-0.4, -0.2) is 24.8 Å². The van der Waals surface area contributed by atoms with E-state index in [9.17, 15) is 8.42 Å². The Morgan fingerprint density at radius 1 is 1.09 bits per heavy atom. The lowest BCUT2D eigenvalue weighted by Gasteiger charge is -2.17. The van der Waals surface area contributed by atoms with Gasteiger partial charge in [0.1, 0.15) is 0 Å². The fourth-order valence-corrected chi connectivity index (χ4v) is 3.53. The molecule has 2 fully saturated rings. The van der Waals surface area contributed by atoms with Gasteiger partial charge in [-0.3, -0.25) is 0 Å². The Morgan fingerprint density at radius 2 is 1.45 bits per heavy atom. The average Bonchev–Trinajstić information content (AvgIpc) is 2.40. The molecule has 64 valence electrons. The van der Waals surface area contributed by atoms with Crippen LogP contribution in [0.15, 0.2) is 0 Å². The smallest absolute Gasteiger partial charge is 0.216 e. The SMILES string of the molecule is NS(=O)(=O)N1C2CCC1CC2. The summed E-state index contributed by atoms with van der Waals surface area (Å²) in [5.74, 6) is 0. The molecule has 0 unspecified atom stereocenters. The molecule has 0 aromatic carbocycles. The third kappa shape index (κ3) is 1.07. The van der Waals surface area contributed by atoms with Crippen molar-refractivity contribution in [3.8, 4) is 0 Å². The molecule has 0 aromatic rings. The van der Waals surface area contributed by atoms with E-state index in [1.54, 1.807) is 0 Å². The van der Waals surface area contributed by atoms with E-state index in [4.69, 9.17) is 5.14 Å². The number of nitrogens with zero attached hydrogens (tertiary/aromatic N) is 1. The summed E-state index contributed by atoms with van der Waals surface area (Å²) in [4.78, 5) is 0. The van der Waals surface area contributed by atoms with Crippen LogP contribution in [0.1, 0.15) is 25.7 Å². The van der Waals surface area contributed by atoms with Gasteiger partial charge in [-0.1, -0.05) is 0 Å². The maximum absolute atomic E-state index is 11.0. The molecule has 0 spiro atoms. The second kappa shape index (κ2) is 2.18. The Morgan fingerprint density at radius 3 is 1.64 bits per heavy atom. The van der Waals surface area contributed by atoms with Gasteiger partial charge in [0.2, 0.25) is 0 Å². The minimum atomic E-state index is -3.41. The molecule has 0 atom stereocenters. The second-order valence-electron chi connectivity index (χ2n) is 3.34. The fraction of sp³-hybridized carbons (Fsp3) is 1.00. The zero-order valence-corrected chi connectivity index (χ0v) is 7.05. The molecule has 2 rings (SSSR count). The van der Waals surface area contributed by atoms with Crippen LogP contribution in [0.5, 0.6) is 0 Å². The predicted molar refractivity (Wildman–Crippen MR) is 41.0 cm³/mol. The normalized spacial score (nSPS) is 38.3. The Labute approximate surface area is 66.5 Å². The Hall–Kier alpha value is -0.130. The Kier molecular flexibility index (Phi) is 1.49. The van der Waals surface area contributed by atoms with Gasteiger partial charge in [-0.25, -0.2) is 5.14 Å². The van der Waals surface area contributed by atoms with Crippen molar-refractivity contribution in [1.29, 1.82) is 0 Å². The fourth-order valence-electron chi connectivity index (χ4n) is 2.28. The summed E-state index contributed by atoms with van der Waals surface area (Å²) in [6.45, 7) is 0. The number of nitrogens with two attached hydrogens (primary N) is 1. The highest BCUT2D eigenvalue weighted by Crippen LogP contribution is 2.38. The van der Waals surface area contributed by atoms with Crippen molar-refractivity contribution < 1.29 is 8.42 Å². The van der Waals surface area contributed by atoms with Crippen molar-refractivity contribution in [1.82, 2.24) is 4.31 Å². The van der Waals surface area contributed by atoms with Gasteiger partial charge in [-0.05, 0) is 25.7 Å². The van der Waals surface area contributed by atoms with Crippen LogP contribution in [-0.2, 0) is 10.2 Å². The third-order valence-electron chi connectivity index (χ3n) is 2.68. The molecule has 2 N–H and O–H groups in total. The summed E-state index contributed by atoms with van der Waals surface area (Å²) < 4.78 is 23.5. The standard InChI is InChI=1S/C6H12N2O2S/c7-11(9,10)8-5-1-2-6(8)4-3-5/h5-6H,1-4H2,(H2,7,9,10). The Balaban J connectivity index is 2.29. The lowest BCUT2D eigenvalue weighted by Crippen LogP contribution is -2.39. The minimum Gasteiger partial charge on any atom is -0.216 e. The van der Waals surface area contributed by atoms with Crippen LogP contribution in [0.2, 0.25) is 0 Å². The largest absolute Gasteiger partial charge is 0.277 e. The van der Waals surface area contributed by atoms with E-state index >= 15 is 0 Å². The molecule has 0 saturated carbocycles. The van der Waals surface area contributed by atoms with Crippen molar-refractivity contribution in [2.75, 3.05) is 0 Å². The van der Waals surface area contributed by atoms with E-state index in [-0.39, 0.29) is 12.1 Å². The molecule has 2 aliphatic rings. The highest BCUT2D eigenvalue weighted by molar-refractivity contribution is 7.86. The summed E-state index contributed by atoms with van der Waals surface area (Å²) in [5.41, 5.74) is 0. The van der Waals surface area contributed by atoms with E-state index in [1.165, 1.54) is 4.31 Å². The summed E-state index contributed by atoms with van der Waals surface area (Å²) in [6, 6.07) is 0.435. The van der Waals surface area contributed by atoms with Crippen LogP contribution in [0, 0.1) is 0 Å². The van der Waals surface area contributed by atoms with Crippen molar-refractivity contribution in [3.05, 3.63) is 0 Å². The Bertz CT molecular complexity index is 242. The molecule has 0 aromatic heterocycles. The van der Waals surface area contributed by atoms with Gasteiger partial charge in [-0.15, -0.1) is 0 Å². The maximum atomic E-state index is 11.0. The summed E-state index contributed by atoms with van der Waals surface area (Å²) in [7, 11) is -3.41. The molecule has 2 aliphatic heterocycles. The lowest BCUT2D eigenvalue weighted by atomic mass is 10.0. The predicted octanol–water partition coefficient (Wildman–Crippen LogP) is -0.183. The quantitative estimate of drug-likeness (QED) is 0.602. The molecular weight excluding hydrogens is 164 g/mol. The molecule has 4 nitrogen and oxygen atoms in total. The lowest BCUT2D eigenvalue weighted by molar-refractivity contribution is 0.397. The molecule has 2 heterocycles. The molecule has 0 amide bonds. The highest BCUT2D eigenvalue weighted by Gasteiger charge is 2.44. The van der Waals surface area contributed by atoms with Crippen molar-refractivity contribution in [2.24, 2.45) is 5.14 Å². The van der Waals surface area contributed by atoms with Gasteiger partial charge >= 0.3 is 0 Å². The number of hydrogen-bond donors (Lipinski definition) is 1. The van der Waals surface area contributed by atoms with E-state index in [1.807, 2.05) is 0 Å². The number of rotatable bonds is 1. The van der Waals surface area contributed by atoms with E-state index in [0.717, 1.165) is 25.7 Å². The van der Waals surface area contributed by atoms with Gasteiger partial charge in [-0.2, -0.15) is 12.7 Å². The molecule has 5 heteroatoms. The summed E-state index contributed by atoms with van der Waals surface area (Å²) in [6.07, 6.45) is 4.00. The monoisotopic (exact) mass is 176 g/mol. The average molecular weight is 176 g/mol. The molecule has 11 heavy (non-hydrogen) atoms. The van der Waals surface area contributed by atoms with Crippen LogP contribution in [0.4, 0.5) is 0 Å². The first-order chi connectivity index (χ1) is 5.09. The molecule has 0 aliphatic carbocycles. The molecule has 0 radical (unpaired) electrons. The zero-order valence-electron chi connectivity index (χ0n) is 6.23. The van der Waals surface area contributed by atoms with E-state index < -0.39 is 10.2 Å². The van der Waals surface area contributed by atoms with E-state index in [2.05, 4.69) is 0 Å². The van der Waals surface area contributed by atoms with Gasteiger partial charge < -0.3 is 0 Å². The first-order valence-electron chi connectivity index (χ1n) is 3.90.